The number of aromatic amines is 1. The molecule has 7 nitrogen and oxygen atoms in total. The van der Waals surface area contributed by atoms with Crippen LogP contribution in [0.5, 0.6) is 0 Å². The number of rotatable bonds is 4. The van der Waals surface area contributed by atoms with Crippen molar-refractivity contribution in [2.45, 2.75) is 33.6 Å². The molecule has 8 heteroatoms. The van der Waals surface area contributed by atoms with Crippen molar-refractivity contribution in [3.05, 3.63) is 50.4 Å². The third-order valence-corrected chi connectivity index (χ3v) is 5.87. The highest BCUT2D eigenvalue weighted by Crippen LogP contribution is 2.25. The van der Waals surface area contributed by atoms with Gasteiger partial charge < -0.3 is 10.3 Å². The topological polar surface area (TPSA) is 92.7 Å². The Hall–Kier alpha value is -3.00. The fraction of sp³-hybridized carbons (Fsp3) is 0.300. The summed E-state index contributed by atoms with van der Waals surface area (Å²) in [6.07, 6.45) is 0.605. The van der Waals surface area contributed by atoms with Crippen molar-refractivity contribution in [1.29, 1.82) is 0 Å². The van der Waals surface area contributed by atoms with Crippen molar-refractivity contribution in [1.82, 2.24) is 19.7 Å². The number of amides is 1. The predicted molar refractivity (Wildman–Crippen MR) is 112 cm³/mol. The summed E-state index contributed by atoms with van der Waals surface area (Å²) in [5.41, 5.74) is 4.60. The summed E-state index contributed by atoms with van der Waals surface area (Å²) in [4.78, 5) is 32.2. The van der Waals surface area contributed by atoms with Crippen molar-refractivity contribution < 1.29 is 4.79 Å². The molecule has 0 spiro atoms. The number of hydrogen-bond acceptors (Lipinski definition) is 5. The maximum absolute atomic E-state index is 12.5. The number of carbonyl (C=O) groups excluding carboxylic acids is 1. The van der Waals surface area contributed by atoms with Gasteiger partial charge in [-0.25, -0.2) is 4.98 Å². The van der Waals surface area contributed by atoms with E-state index < -0.39 is 0 Å². The monoisotopic (exact) mass is 395 g/mol. The smallest absolute Gasteiger partial charge is 0.253 e. The van der Waals surface area contributed by atoms with Crippen LogP contribution in [0, 0.1) is 20.8 Å². The van der Waals surface area contributed by atoms with E-state index in [1.54, 1.807) is 23.1 Å². The van der Waals surface area contributed by atoms with Gasteiger partial charge in [-0.15, -0.1) is 11.3 Å². The summed E-state index contributed by atoms with van der Waals surface area (Å²) < 4.78 is 2.72. The van der Waals surface area contributed by atoms with Gasteiger partial charge in [-0.1, -0.05) is 0 Å². The van der Waals surface area contributed by atoms with E-state index in [1.165, 1.54) is 0 Å². The number of H-pyrrole nitrogens is 1. The van der Waals surface area contributed by atoms with Gasteiger partial charge >= 0.3 is 0 Å². The Bertz CT molecular complexity index is 1280. The van der Waals surface area contributed by atoms with E-state index in [-0.39, 0.29) is 17.9 Å². The first-order chi connectivity index (χ1) is 13.3. The molecule has 1 amide bonds. The van der Waals surface area contributed by atoms with Crippen LogP contribution in [-0.4, -0.2) is 25.7 Å². The largest absolute Gasteiger partial charge is 0.326 e. The van der Waals surface area contributed by atoms with Gasteiger partial charge in [0.2, 0.25) is 5.91 Å². The Morgan fingerprint density at radius 1 is 1.29 bits per heavy atom. The summed E-state index contributed by atoms with van der Waals surface area (Å²) in [6, 6.07) is 5.69. The molecule has 0 saturated carbocycles. The van der Waals surface area contributed by atoms with Gasteiger partial charge in [0.25, 0.3) is 5.56 Å². The number of carbonyl (C=O) groups is 1. The third-order valence-electron chi connectivity index (χ3n) is 4.94. The molecule has 4 rings (SSSR count). The van der Waals surface area contributed by atoms with E-state index in [4.69, 9.17) is 0 Å². The van der Waals surface area contributed by atoms with Crippen molar-refractivity contribution >= 4 is 44.2 Å². The molecule has 0 bridgehead atoms. The van der Waals surface area contributed by atoms with Crippen LogP contribution in [0.3, 0.4) is 0 Å². The van der Waals surface area contributed by atoms with Gasteiger partial charge in [-0.3, -0.25) is 14.3 Å². The second-order valence-electron chi connectivity index (χ2n) is 6.95. The summed E-state index contributed by atoms with van der Waals surface area (Å²) in [5.74, 6) is -0.123. The number of fused-ring (bicyclic) bond motifs is 2. The first-order valence-electron chi connectivity index (χ1n) is 9.05. The van der Waals surface area contributed by atoms with Crippen LogP contribution in [0.15, 0.2) is 23.0 Å². The van der Waals surface area contributed by atoms with Crippen molar-refractivity contribution in [3.8, 4) is 0 Å². The lowest BCUT2D eigenvalue weighted by atomic mass is 10.0. The van der Waals surface area contributed by atoms with Crippen LogP contribution in [0.2, 0.25) is 0 Å². The molecule has 3 heterocycles. The molecule has 4 aromatic rings. The molecular formula is C20H21N5O2S. The summed E-state index contributed by atoms with van der Waals surface area (Å²) in [5, 5.41) is 9.23. The van der Waals surface area contributed by atoms with Gasteiger partial charge in [0.05, 0.1) is 20.9 Å². The molecule has 0 aliphatic carbocycles. The molecule has 144 valence electrons. The second-order valence-corrected chi connectivity index (χ2v) is 8.19. The normalized spacial score (nSPS) is 11.4. The predicted octanol–water partition coefficient (Wildman–Crippen LogP) is 3.37. The lowest BCUT2D eigenvalue weighted by Gasteiger charge is -2.08. The number of anilines is 1. The highest BCUT2D eigenvalue weighted by molar-refractivity contribution is 7.18. The Morgan fingerprint density at radius 2 is 2.07 bits per heavy atom. The van der Waals surface area contributed by atoms with E-state index >= 15 is 0 Å². The molecular weight excluding hydrogens is 374 g/mol. The SMILES string of the molecule is Cc1nc2ccc(NC(=O)CCc3c(C)c4c(C)nn(C)c4[nH]c3=O)cc2s1. The van der Waals surface area contributed by atoms with E-state index in [9.17, 15) is 9.59 Å². The molecule has 2 N–H and O–H groups in total. The first-order valence-corrected chi connectivity index (χ1v) is 9.87. The molecule has 0 aliphatic heterocycles. The molecule has 28 heavy (non-hydrogen) atoms. The minimum absolute atomic E-state index is 0.123. The van der Waals surface area contributed by atoms with Crippen LogP contribution >= 0.6 is 11.3 Å². The van der Waals surface area contributed by atoms with Crippen LogP contribution in [-0.2, 0) is 18.3 Å². The molecule has 0 unspecified atom stereocenters. The quantitative estimate of drug-likeness (QED) is 0.554. The van der Waals surface area contributed by atoms with E-state index in [0.717, 1.165) is 37.6 Å². The van der Waals surface area contributed by atoms with Crippen molar-refractivity contribution in [2.75, 3.05) is 5.32 Å². The van der Waals surface area contributed by atoms with E-state index in [2.05, 4.69) is 20.4 Å². The summed E-state index contributed by atoms with van der Waals surface area (Å²) >= 11 is 1.60. The number of thiazole rings is 1. The molecule has 1 aromatic carbocycles. The van der Waals surface area contributed by atoms with Crippen LogP contribution in [0.25, 0.3) is 21.3 Å². The maximum Gasteiger partial charge on any atom is 0.253 e. The number of pyridine rings is 1. The summed E-state index contributed by atoms with van der Waals surface area (Å²) in [6.45, 7) is 5.80. The summed E-state index contributed by atoms with van der Waals surface area (Å²) in [7, 11) is 1.80. The fourth-order valence-corrected chi connectivity index (χ4v) is 4.50. The average molecular weight is 395 g/mol. The molecule has 0 saturated heterocycles. The van der Waals surface area contributed by atoms with Crippen LogP contribution in [0.4, 0.5) is 5.69 Å². The molecule has 0 atom stereocenters. The lowest BCUT2D eigenvalue weighted by molar-refractivity contribution is -0.116. The molecule has 0 aliphatic rings. The van der Waals surface area contributed by atoms with Gasteiger partial charge in [0.15, 0.2) is 0 Å². The Kier molecular flexibility index (Phi) is 4.50. The lowest BCUT2D eigenvalue weighted by Crippen LogP contribution is -2.19. The standard InChI is InChI=1S/C20H21N5O2S/c1-10-14(20(27)23-19-18(10)11(2)24-25(19)4)6-8-17(26)22-13-5-7-15-16(9-13)28-12(3)21-15/h5,7,9H,6,8H2,1-4H3,(H,22,26)(H,23,27). The minimum atomic E-state index is -0.164. The number of hydrogen-bond donors (Lipinski definition) is 2. The average Bonchev–Trinajstić information content (AvgIpc) is 3.12. The van der Waals surface area contributed by atoms with E-state index in [0.29, 0.717) is 17.6 Å². The van der Waals surface area contributed by atoms with Gasteiger partial charge in [-0.05, 0) is 51.0 Å². The van der Waals surface area contributed by atoms with Crippen molar-refractivity contribution in [3.63, 3.8) is 0 Å². The Labute approximate surface area is 165 Å². The molecule has 0 radical (unpaired) electrons. The van der Waals surface area contributed by atoms with E-state index in [1.807, 2.05) is 39.0 Å². The minimum Gasteiger partial charge on any atom is -0.326 e. The highest BCUT2D eigenvalue weighted by Gasteiger charge is 2.16. The fourth-order valence-electron chi connectivity index (χ4n) is 3.64. The van der Waals surface area contributed by atoms with Crippen molar-refractivity contribution in [2.24, 2.45) is 7.05 Å². The maximum atomic E-state index is 12.5. The number of aryl methyl sites for hydroxylation is 4. The van der Waals surface area contributed by atoms with Crippen LogP contribution in [0.1, 0.15) is 28.2 Å². The highest BCUT2D eigenvalue weighted by atomic mass is 32.1. The van der Waals surface area contributed by atoms with Crippen LogP contribution < -0.4 is 10.9 Å². The number of aromatic nitrogens is 4. The molecule has 0 fully saturated rings. The Morgan fingerprint density at radius 3 is 2.86 bits per heavy atom. The van der Waals surface area contributed by atoms with Gasteiger partial charge in [-0.2, -0.15) is 5.10 Å². The number of benzene rings is 1. The zero-order valence-electron chi connectivity index (χ0n) is 16.2. The third kappa shape index (κ3) is 3.20. The Balaban J connectivity index is 1.52. The zero-order valence-corrected chi connectivity index (χ0v) is 17.0. The van der Waals surface area contributed by atoms with Gasteiger partial charge in [0, 0.05) is 30.1 Å². The zero-order chi connectivity index (χ0) is 20.0. The molecule has 3 aromatic heterocycles. The number of nitrogens with one attached hydrogen (secondary N) is 2. The second kappa shape index (κ2) is 6.87. The van der Waals surface area contributed by atoms with Gasteiger partial charge in [0.1, 0.15) is 5.65 Å². The number of nitrogens with zero attached hydrogens (tertiary/aromatic N) is 3. The first kappa shape index (κ1) is 18.4.